The van der Waals surface area contributed by atoms with E-state index in [1.165, 1.54) is 183 Å². The third-order valence-corrected chi connectivity index (χ3v) is 27.5. The molecule has 12 heteroatoms. The van der Waals surface area contributed by atoms with Crippen molar-refractivity contribution in [2.24, 2.45) is 0 Å². The minimum atomic E-state index is 0.669. The molecular formula is C108H71N9S3. The molecule has 17 aromatic carbocycles. The molecule has 3 aliphatic rings. The van der Waals surface area contributed by atoms with Crippen LogP contribution in [0.3, 0.4) is 0 Å². The average molecular weight is 1590 g/mol. The predicted octanol–water partition coefficient (Wildman–Crippen LogP) is 28.9. The van der Waals surface area contributed by atoms with Crippen LogP contribution < -0.4 is 0 Å². The number of rotatable bonds is 9. The van der Waals surface area contributed by atoms with Crippen LogP contribution in [0, 0.1) is 11.3 Å². The molecule has 120 heavy (non-hydrogen) atoms. The molecular weight excluding hydrogens is 1520 g/mol. The normalized spacial score (nSPS) is 12.3. The molecule has 9 nitrogen and oxygen atoms in total. The molecule has 0 bridgehead atoms. The van der Waals surface area contributed by atoms with Crippen LogP contribution in [0.15, 0.2) is 369 Å². The van der Waals surface area contributed by atoms with E-state index in [1.807, 2.05) is 78.1 Å². The van der Waals surface area contributed by atoms with E-state index in [0.717, 1.165) is 75.3 Å². The summed E-state index contributed by atoms with van der Waals surface area (Å²) in [6, 6.07) is 118. The molecule has 0 radical (unpaired) electrons. The first kappa shape index (κ1) is 71.2. The van der Waals surface area contributed by atoms with Gasteiger partial charge in [-0.3, -0.25) is 23.7 Å². The minimum absolute atomic E-state index is 0.669. The fourth-order valence-electron chi connectivity index (χ4n) is 19.1. The Hall–Kier alpha value is -14.2. The number of imidazole rings is 3. The first-order valence-corrected chi connectivity index (χ1v) is 43.4. The van der Waals surface area contributed by atoms with Gasteiger partial charge in [0.05, 0.1) is 67.3 Å². The van der Waals surface area contributed by atoms with Crippen LogP contribution >= 0.6 is 35.3 Å². The number of para-hydroxylation sites is 4. The van der Waals surface area contributed by atoms with Gasteiger partial charge < -0.3 is 0 Å². The molecule has 0 N–H and O–H groups in total. The van der Waals surface area contributed by atoms with E-state index in [1.54, 1.807) is 0 Å². The lowest BCUT2D eigenvalue weighted by molar-refractivity contribution is 0.888. The summed E-state index contributed by atoms with van der Waals surface area (Å²) in [5.41, 5.74) is 26.7. The number of benzene rings is 17. The highest BCUT2D eigenvalue weighted by Crippen LogP contribution is 2.54. The van der Waals surface area contributed by atoms with E-state index < -0.39 is 0 Å². The van der Waals surface area contributed by atoms with Crippen LogP contribution in [0.4, 0.5) is 0 Å². The summed E-state index contributed by atoms with van der Waals surface area (Å²) in [6.07, 6.45) is 8.33. The van der Waals surface area contributed by atoms with E-state index in [9.17, 15) is 5.26 Å². The molecule has 0 aliphatic carbocycles. The van der Waals surface area contributed by atoms with Crippen molar-refractivity contribution < 1.29 is 0 Å². The van der Waals surface area contributed by atoms with Crippen molar-refractivity contribution in [3.63, 3.8) is 0 Å². The largest absolute Gasteiger partial charge is 0.294 e. The topological polar surface area (TPSA) is 103 Å². The molecule has 0 amide bonds. The fourth-order valence-corrected chi connectivity index (χ4v) is 22.3. The smallest absolute Gasteiger partial charge is 0.114 e. The van der Waals surface area contributed by atoms with Crippen molar-refractivity contribution in [2.45, 2.75) is 69.4 Å². The minimum Gasteiger partial charge on any atom is -0.294 e. The molecule has 8 heterocycles. The molecule has 0 unspecified atom stereocenters. The Balaban J connectivity index is 0.000000105. The zero-order valence-electron chi connectivity index (χ0n) is 65.7. The fraction of sp³-hybridized carbons (Fsp3) is 0.0556. The maximum atomic E-state index is 9.35. The van der Waals surface area contributed by atoms with Gasteiger partial charge in [0.15, 0.2) is 0 Å². The molecule has 566 valence electrons. The predicted molar refractivity (Wildman–Crippen MR) is 499 cm³/mol. The molecule has 0 saturated carbocycles. The van der Waals surface area contributed by atoms with Crippen molar-refractivity contribution >= 4 is 144 Å². The van der Waals surface area contributed by atoms with Gasteiger partial charge in [0.25, 0.3) is 0 Å². The molecule has 25 rings (SSSR count). The van der Waals surface area contributed by atoms with Crippen LogP contribution in [0.1, 0.15) is 43.8 Å². The second-order valence-corrected chi connectivity index (χ2v) is 34.0. The summed E-state index contributed by atoms with van der Waals surface area (Å²) >= 11 is 5.51. The maximum Gasteiger partial charge on any atom is 0.114 e. The van der Waals surface area contributed by atoms with E-state index in [4.69, 9.17) is 19.9 Å². The van der Waals surface area contributed by atoms with Gasteiger partial charge in [-0.15, -0.1) is 0 Å². The molecule has 0 fully saturated rings. The molecule has 22 aromatic rings. The summed E-state index contributed by atoms with van der Waals surface area (Å²) < 4.78 is 7.14. The zero-order chi connectivity index (χ0) is 79.8. The van der Waals surface area contributed by atoms with Crippen molar-refractivity contribution in [1.82, 2.24) is 38.6 Å². The van der Waals surface area contributed by atoms with Gasteiger partial charge in [0.2, 0.25) is 0 Å². The second-order valence-electron chi connectivity index (χ2n) is 30.7. The highest BCUT2D eigenvalue weighted by Gasteiger charge is 2.30. The number of nitrogens with zero attached hydrogens (tertiary/aromatic N) is 9. The molecule has 0 spiro atoms. The Morgan fingerprint density at radius 2 is 0.617 bits per heavy atom. The summed E-state index contributed by atoms with van der Waals surface area (Å²) in [5.74, 6) is 3.30. The van der Waals surface area contributed by atoms with Crippen LogP contribution in [0.5, 0.6) is 0 Å². The summed E-state index contributed by atoms with van der Waals surface area (Å²) in [4.78, 5) is 31.9. The number of nitriles is 1. The SMILES string of the molecule is CCc1nc2cccc3c2n1-c1cc(-c2c4ccccc4c(-c4ccc(C#N)cc4)c4ccccc24)ccc1S3.CCc1nc2cccc3c2n1-c1cc(-c2c4ccccc4c(-c4cccc5cccnc45)c4ccccc24)ccc1S3.CCc1nc2cccc3c2n1-c1cc(-c2c4ccccc4c(-c4cccnc4)c4ccccc24)ccc1S3. The number of aryl methyl sites for hydroxylation is 3. The molecule has 5 aromatic heterocycles. The van der Waals surface area contributed by atoms with Crippen LogP contribution in [0.25, 0.3) is 192 Å². The Morgan fingerprint density at radius 3 is 0.967 bits per heavy atom. The lowest BCUT2D eigenvalue weighted by atomic mass is 9.85. The Morgan fingerprint density at radius 1 is 0.292 bits per heavy atom. The Bertz CT molecular complexity index is 7940. The summed E-state index contributed by atoms with van der Waals surface area (Å²) in [7, 11) is 0. The van der Waals surface area contributed by atoms with Gasteiger partial charge in [-0.1, -0.05) is 281 Å². The highest BCUT2D eigenvalue weighted by molar-refractivity contribution is 8.00. The molecule has 0 saturated heterocycles. The van der Waals surface area contributed by atoms with Gasteiger partial charge >= 0.3 is 0 Å². The first-order valence-electron chi connectivity index (χ1n) is 40.9. The van der Waals surface area contributed by atoms with Crippen LogP contribution in [-0.2, 0) is 19.3 Å². The quantitative estimate of drug-likeness (QED) is 0.131. The van der Waals surface area contributed by atoms with Crippen molar-refractivity contribution in [3.8, 4) is 89.9 Å². The number of aromatic nitrogens is 8. The molecule has 3 aliphatic heterocycles. The second kappa shape index (κ2) is 28.9. The van der Waals surface area contributed by atoms with E-state index in [-0.39, 0.29) is 0 Å². The summed E-state index contributed by atoms with van der Waals surface area (Å²) in [6.45, 7) is 6.56. The van der Waals surface area contributed by atoms with Gasteiger partial charge in [-0.05, 0) is 217 Å². The van der Waals surface area contributed by atoms with Gasteiger partial charge in [-0.25, -0.2) is 15.0 Å². The Labute approximate surface area is 705 Å². The average Bonchev–Trinajstić information content (AvgIpc) is 1.11. The first-order chi connectivity index (χ1) is 59.4. The van der Waals surface area contributed by atoms with E-state index >= 15 is 0 Å². The highest BCUT2D eigenvalue weighted by atomic mass is 32.2. The monoisotopic (exact) mass is 1590 g/mol. The third kappa shape index (κ3) is 11.3. The van der Waals surface area contributed by atoms with Crippen molar-refractivity contribution in [2.75, 3.05) is 0 Å². The van der Waals surface area contributed by atoms with Gasteiger partial charge in [0, 0.05) is 83.7 Å². The van der Waals surface area contributed by atoms with E-state index in [2.05, 4.69) is 343 Å². The third-order valence-electron chi connectivity index (χ3n) is 24.2. The lowest BCUT2D eigenvalue weighted by Crippen LogP contribution is -2.06. The lowest BCUT2D eigenvalue weighted by Gasteiger charge is -2.22. The number of fused-ring (bicyclic) bond motifs is 13. The molecule has 0 atom stereocenters. The van der Waals surface area contributed by atoms with Crippen molar-refractivity contribution in [3.05, 3.63) is 363 Å². The zero-order valence-corrected chi connectivity index (χ0v) is 68.2. The summed E-state index contributed by atoms with van der Waals surface area (Å²) in [5, 5.41) is 25.3. The van der Waals surface area contributed by atoms with Crippen LogP contribution in [0.2, 0.25) is 0 Å². The number of pyridine rings is 2. The van der Waals surface area contributed by atoms with Crippen LogP contribution in [-0.4, -0.2) is 38.6 Å². The maximum absolute atomic E-state index is 9.35. The number of hydrogen-bond acceptors (Lipinski definition) is 9. The van der Waals surface area contributed by atoms with Gasteiger partial charge in [0.1, 0.15) is 17.5 Å². The Kier molecular flexibility index (Phi) is 17.1. The van der Waals surface area contributed by atoms with Gasteiger partial charge in [-0.2, -0.15) is 5.26 Å². The van der Waals surface area contributed by atoms with Crippen molar-refractivity contribution in [1.29, 1.82) is 5.26 Å². The standard InChI is InChI=1S/C38H25N3S.C36H23N3S.C34H23N3S/c1-2-34-40-30-17-8-18-33-38(30)41(34)31-22-24(19-20-32(31)42-33)35-25-12-3-5-14-27(25)36(28-15-6-4-13-26(28)35)29-16-7-10-23-11-9-21-39-37(23)29;1-2-33-38-29-12-7-13-32-36(29)39(33)30-20-24(18-19-31(30)40-32)35-27-10-5-3-8-25(27)34(26-9-4-6-11-28(26)35)23-16-14-22(21-37)15-17-23;1-2-31-36-27-14-7-15-30-34(27)37(31)28-19-21(16-17-29(28)38-30)32-23-10-3-5-12-25(23)33(22-9-8-18-35-20-22)26-13-6-4-11-24(26)32/h3-22H,2H2,1H3;3-20H,2H2,1H3;3-20H,2H2,1H3. The van der Waals surface area contributed by atoms with E-state index in [0.29, 0.717) is 5.56 Å². The number of hydrogen-bond donors (Lipinski definition) is 0.